The molecule has 7 nitrogen and oxygen atoms in total. The van der Waals surface area contributed by atoms with Crippen LogP contribution in [0.25, 0.3) is 0 Å². The number of hydrogen-bond donors (Lipinski definition) is 3. The lowest BCUT2D eigenvalue weighted by Gasteiger charge is -2.24. The molecule has 0 saturated carbocycles. The minimum atomic E-state index is -2.03. The van der Waals surface area contributed by atoms with E-state index in [4.69, 9.17) is 9.84 Å². The monoisotopic (exact) mass is 246 g/mol. The summed E-state index contributed by atoms with van der Waals surface area (Å²) in [5.41, 5.74) is -2.14. The summed E-state index contributed by atoms with van der Waals surface area (Å²) in [6.07, 6.45) is 0.298. The van der Waals surface area contributed by atoms with Gasteiger partial charge in [-0.1, -0.05) is 0 Å². The predicted molar refractivity (Wildman–Crippen MR) is 52.7 cm³/mol. The summed E-state index contributed by atoms with van der Waals surface area (Å²) >= 11 is 0. The first kappa shape index (κ1) is 12.0. The summed E-state index contributed by atoms with van der Waals surface area (Å²) in [4.78, 5) is 24.0. The van der Waals surface area contributed by atoms with Crippen molar-refractivity contribution in [1.29, 1.82) is 0 Å². The smallest absolute Gasteiger partial charge is 0.332 e. The first-order chi connectivity index (χ1) is 7.96. The fourth-order valence-electron chi connectivity index (χ4n) is 1.75. The third-order valence-corrected chi connectivity index (χ3v) is 2.63. The van der Waals surface area contributed by atoms with Crippen LogP contribution in [-0.4, -0.2) is 32.5 Å². The minimum absolute atomic E-state index is 0.0175. The molecule has 3 N–H and O–H groups in total. The van der Waals surface area contributed by atoms with Gasteiger partial charge in [0.25, 0.3) is 11.5 Å². The van der Waals surface area contributed by atoms with Crippen molar-refractivity contribution < 1.29 is 19.3 Å². The molecule has 0 radical (unpaired) electrons. The molecule has 1 saturated heterocycles. The first-order valence-corrected chi connectivity index (χ1v) is 4.99. The van der Waals surface area contributed by atoms with E-state index in [1.54, 1.807) is 4.98 Å². The number of H-pyrrole nitrogens is 1. The van der Waals surface area contributed by atoms with E-state index >= 15 is 0 Å². The molecule has 0 aliphatic carbocycles. The third kappa shape index (κ3) is 2.02. The van der Waals surface area contributed by atoms with Gasteiger partial charge in [-0.2, -0.15) is 4.39 Å². The van der Waals surface area contributed by atoms with Crippen LogP contribution in [0.2, 0.25) is 0 Å². The van der Waals surface area contributed by atoms with Crippen LogP contribution in [0, 0.1) is 5.82 Å². The first-order valence-electron chi connectivity index (χ1n) is 4.99. The molecule has 1 aliphatic heterocycles. The van der Waals surface area contributed by atoms with Gasteiger partial charge in [0.05, 0.1) is 18.9 Å². The zero-order chi connectivity index (χ0) is 12.6. The molecule has 1 fully saturated rings. The predicted octanol–water partition coefficient (Wildman–Crippen LogP) is -1.55. The van der Waals surface area contributed by atoms with Crippen LogP contribution in [-0.2, 0) is 10.6 Å². The number of halogens is 1. The number of aliphatic hydroxyl groups is 2. The van der Waals surface area contributed by atoms with E-state index < -0.39 is 29.1 Å². The summed E-state index contributed by atoms with van der Waals surface area (Å²) in [5, 5.41) is 18.9. The van der Waals surface area contributed by atoms with Crippen LogP contribution in [0.15, 0.2) is 15.8 Å². The zero-order valence-electron chi connectivity index (χ0n) is 8.72. The van der Waals surface area contributed by atoms with Crippen molar-refractivity contribution in [3.63, 3.8) is 0 Å². The Kier molecular flexibility index (Phi) is 2.86. The summed E-state index contributed by atoms with van der Waals surface area (Å²) < 4.78 is 18.7. The molecule has 94 valence electrons. The van der Waals surface area contributed by atoms with Crippen molar-refractivity contribution in [1.82, 2.24) is 9.55 Å². The molecule has 1 aromatic rings. The van der Waals surface area contributed by atoms with Crippen molar-refractivity contribution in [3.05, 3.63) is 32.9 Å². The minimum Gasteiger partial charge on any atom is -0.394 e. The molecule has 2 rings (SSSR count). The number of nitrogens with zero attached hydrogens (tertiary/aromatic N) is 1. The van der Waals surface area contributed by atoms with Crippen molar-refractivity contribution in [2.24, 2.45) is 0 Å². The molecule has 2 heterocycles. The largest absolute Gasteiger partial charge is 0.394 e. The van der Waals surface area contributed by atoms with E-state index in [1.807, 2.05) is 0 Å². The second-order valence-electron chi connectivity index (χ2n) is 3.81. The molecular formula is C9H11FN2O5. The van der Waals surface area contributed by atoms with Crippen molar-refractivity contribution in [3.8, 4) is 0 Å². The van der Waals surface area contributed by atoms with E-state index in [9.17, 15) is 19.1 Å². The number of aromatic nitrogens is 2. The van der Waals surface area contributed by atoms with Gasteiger partial charge in [0.1, 0.15) is 0 Å². The Morgan fingerprint density at radius 2 is 2.35 bits per heavy atom. The number of hydrogen-bond acceptors (Lipinski definition) is 5. The molecule has 8 heteroatoms. The van der Waals surface area contributed by atoms with Crippen molar-refractivity contribution in [2.75, 3.05) is 6.61 Å². The van der Waals surface area contributed by atoms with Gasteiger partial charge in [0.15, 0.2) is 0 Å². The van der Waals surface area contributed by atoms with E-state index in [2.05, 4.69) is 0 Å². The Morgan fingerprint density at radius 1 is 1.65 bits per heavy atom. The maximum Gasteiger partial charge on any atom is 0.332 e. The quantitative estimate of drug-likeness (QED) is 0.586. The maximum atomic E-state index is 13.0. The molecule has 1 aromatic heterocycles. The zero-order valence-corrected chi connectivity index (χ0v) is 8.72. The molecule has 0 amide bonds. The standard InChI is InChI=1S/C9H11FN2O5/c10-6-3-12(8(15)11-7(6)14)9(16)2-1-5(4-13)17-9/h3,5,13,16H,1-2,4H2,(H,11,14,15)/t5-,9?/m0/s1. The molecule has 1 unspecified atom stereocenters. The van der Waals surface area contributed by atoms with Crippen LogP contribution in [0.1, 0.15) is 12.8 Å². The van der Waals surface area contributed by atoms with Gasteiger partial charge in [-0.3, -0.25) is 9.78 Å². The fraction of sp³-hybridized carbons (Fsp3) is 0.556. The Balaban J connectivity index is 2.44. The second kappa shape index (κ2) is 4.06. The molecule has 0 spiro atoms. The Hall–Kier alpha value is -1.51. The Bertz CT molecular complexity index is 539. The van der Waals surface area contributed by atoms with Gasteiger partial charge in [0.2, 0.25) is 5.82 Å². The summed E-state index contributed by atoms with van der Waals surface area (Å²) in [6, 6.07) is 0. The van der Waals surface area contributed by atoms with Crippen LogP contribution < -0.4 is 11.2 Å². The number of nitrogens with one attached hydrogen (secondary N) is 1. The number of aliphatic hydroxyl groups excluding tert-OH is 1. The lowest BCUT2D eigenvalue weighted by atomic mass is 10.2. The van der Waals surface area contributed by atoms with E-state index in [-0.39, 0.29) is 13.0 Å². The van der Waals surface area contributed by atoms with Gasteiger partial charge in [0, 0.05) is 6.42 Å². The van der Waals surface area contributed by atoms with E-state index in [1.165, 1.54) is 0 Å². The fourth-order valence-corrected chi connectivity index (χ4v) is 1.75. The van der Waals surface area contributed by atoms with Crippen LogP contribution in [0.4, 0.5) is 4.39 Å². The molecular weight excluding hydrogens is 235 g/mol. The van der Waals surface area contributed by atoms with Gasteiger partial charge in [-0.15, -0.1) is 0 Å². The topological polar surface area (TPSA) is 105 Å². The number of ether oxygens (including phenoxy) is 1. The summed E-state index contributed by atoms with van der Waals surface area (Å²) in [5.74, 6) is -3.23. The SMILES string of the molecule is O=c1[nH]c(=O)n(C2(O)CC[C@@H](CO)O2)cc1F. The third-order valence-electron chi connectivity index (χ3n) is 2.63. The normalized spacial score (nSPS) is 28.5. The molecule has 2 atom stereocenters. The van der Waals surface area contributed by atoms with Crippen molar-refractivity contribution >= 4 is 0 Å². The summed E-state index contributed by atoms with van der Waals surface area (Å²) in [7, 11) is 0. The van der Waals surface area contributed by atoms with Gasteiger partial charge in [-0.25, -0.2) is 9.36 Å². The highest BCUT2D eigenvalue weighted by atomic mass is 19.1. The lowest BCUT2D eigenvalue weighted by molar-refractivity contribution is -0.258. The Labute approximate surface area is 94.1 Å². The average molecular weight is 246 g/mol. The second-order valence-corrected chi connectivity index (χ2v) is 3.81. The molecule has 0 bridgehead atoms. The maximum absolute atomic E-state index is 13.0. The van der Waals surface area contributed by atoms with Gasteiger partial charge >= 0.3 is 5.69 Å². The van der Waals surface area contributed by atoms with E-state index in [0.717, 1.165) is 0 Å². The summed E-state index contributed by atoms with van der Waals surface area (Å²) in [6.45, 7) is -0.317. The highest BCUT2D eigenvalue weighted by Crippen LogP contribution is 2.30. The van der Waals surface area contributed by atoms with Crippen LogP contribution in [0.3, 0.4) is 0 Å². The highest BCUT2D eigenvalue weighted by Gasteiger charge is 2.41. The molecule has 1 aliphatic rings. The number of rotatable bonds is 2. The number of aromatic amines is 1. The van der Waals surface area contributed by atoms with E-state index in [0.29, 0.717) is 17.2 Å². The van der Waals surface area contributed by atoms with Crippen LogP contribution in [0.5, 0.6) is 0 Å². The van der Waals surface area contributed by atoms with Gasteiger partial charge in [-0.05, 0) is 6.42 Å². The highest BCUT2D eigenvalue weighted by molar-refractivity contribution is 4.91. The molecule has 17 heavy (non-hydrogen) atoms. The van der Waals surface area contributed by atoms with Crippen LogP contribution >= 0.6 is 0 Å². The average Bonchev–Trinajstić information content (AvgIpc) is 2.66. The molecule has 0 aromatic carbocycles. The lowest BCUT2D eigenvalue weighted by Crippen LogP contribution is -2.45. The Morgan fingerprint density at radius 3 is 2.94 bits per heavy atom. The van der Waals surface area contributed by atoms with Crippen molar-refractivity contribution in [2.45, 2.75) is 24.9 Å². The van der Waals surface area contributed by atoms with Gasteiger partial charge < -0.3 is 14.9 Å².